The third-order valence-corrected chi connectivity index (χ3v) is 5.70. The van der Waals surface area contributed by atoms with Crippen molar-refractivity contribution in [3.05, 3.63) is 70.0 Å². The molecule has 1 aromatic heterocycles. The fourth-order valence-corrected chi connectivity index (χ4v) is 4.02. The Morgan fingerprint density at radius 2 is 1.83 bits per heavy atom. The summed E-state index contributed by atoms with van der Waals surface area (Å²) < 4.78 is 0. The second-order valence-electron chi connectivity index (χ2n) is 7.50. The van der Waals surface area contributed by atoms with Gasteiger partial charge in [-0.1, -0.05) is 42.5 Å². The van der Waals surface area contributed by atoms with Crippen LogP contribution in [0.1, 0.15) is 36.4 Å². The molecule has 0 spiro atoms. The van der Waals surface area contributed by atoms with Crippen LogP contribution in [0.4, 0.5) is 5.69 Å². The van der Waals surface area contributed by atoms with E-state index in [2.05, 4.69) is 39.9 Å². The number of para-hydroxylation sites is 1. The van der Waals surface area contributed by atoms with Crippen LogP contribution in [0.2, 0.25) is 0 Å². The molecular formula is C24H27N3O2S. The van der Waals surface area contributed by atoms with Crippen molar-refractivity contribution in [1.82, 2.24) is 10.3 Å². The average molecular weight is 422 g/mol. The third-order valence-electron chi connectivity index (χ3n) is 4.85. The van der Waals surface area contributed by atoms with E-state index in [1.807, 2.05) is 43.5 Å². The molecular weight excluding hydrogens is 394 g/mol. The highest BCUT2D eigenvalue weighted by molar-refractivity contribution is 7.10. The summed E-state index contributed by atoms with van der Waals surface area (Å²) in [6, 6.07) is 16.2. The lowest BCUT2D eigenvalue weighted by Crippen LogP contribution is -2.30. The fraction of sp³-hybridized carbons (Fsp3) is 0.292. The van der Waals surface area contributed by atoms with Crippen LogP contribution in [0.25, 0.3) is 11.3 Å². The van der Waals surface area contributed by atoms with Gasteiger partial charge in [0, 0.05) is 29.6 Å². The highest BCUT2D eigenvalue weighted by Gasteiger charge is 2.11. The number of rotatable bonds is 8. The summed E-state index contributed by atoms with van der Waals surface area (Å²) in [4.78, 5) is 28.1. The molecule has 0 saturated carbocycles. The smallest absolute Gasteiger partial charge is 0.231 e. The molecule has 3 aromatic rings. The molecule has 0 saturated heterocycles. The molecule has 0 bridgehead atoms. The largest absolute Gasteiger partial charge is 0.354 e. The van der Waals surface area contributed by atoms with E-state index in [1.54, 1.807) is 6.92 Å². The Labute approximate surface area is 181 Å². The maximum Gasteiger partial charge on any atom is 0.231 e. The first kappa shape index (κ1) is 21.7. The molecule has 0 radical (unpaired) electrons. The van der Waals surface area contributed by atoms with Gasteiger partial charge in [0.05, 0.1) is 12.1 Å². The lowest BCUT2D eigenvalue weighted by atomic mass is 10.0. The number of anilines is 1. The van der Waals surface area contributed by atoms with Crippen LogP contribution in [0, 0.1) is 6.92 Å². The Hall–Kier alpha value is -2.99. The Morgan fingerprint density at radius 3 is 2.53 bits per heavy atom. The van der Waals surface area contributed by atoms with E-state index in [9.17, 15) is 9.59 Å². The first-order valence-corrected chi connectivity index (χ1v) is 10.9. The second-order valence-corrected chi connectivity index (χ2v) is 8.45. The topological polar surface area (TPSA) is 71.1 Å². The molecule has 3 rings (SSSR count). The Balaban J connectivity index is 1.56. The zero-order valence-electron chi connectivity index (χ0n) is 17.6. The SMILES string of the molecule is CC(=O)N[C@@H](C)CCc1ccc(-c2csc(CC(=O)Nc3ccccc3C)n2)cc1. The molecule has 0 fully saturated rings. The van der Waals surface area contributed by atoms with Crippen molar-refractivity contribution in [2.45, 2.75) is 46.1 Å². The Bertz CT molecular complexity index is 1010. The van der Waals surface area contributed by atoms with E-state index in [1.165, 1.54) is 16.9 Å². The first-order chi connectivity index (χ1) is 14.4. The molecule has 1 heterocycles. The van der Waals surface area contributed by atoms with Gasteiger partial charge in [0.1, 0.15) is 5.01 Å². The average Bonchev–Trinajstić information content (AvgIpc) is 3.16. The molecule has 0 unspecified atom stereocenters. The van der Waals surface area contributed by atoms with Gasteiger partial charge in [0.15, 0.2) is 0 Å². The van der Waals surface area contributed by atoms with Crippen molar-refractivity contribution in [3.63, 3.8) is 0 Å². The molecule has 0 aliphatic carbocycles. The molecule has 2 N–H and O–H groups in total. The number of amides is 2. The molecule has 0 aliphatic rings. The molecule has 2 amide bonds. The Morgan fingerprint density at radius 1 is 1.10 bits per heavy atom. The highest BCUT2D eigenvalue weighted by Crippen LogP contribution is 2.23. The van der Waals surface area contributed by atoms with Crippen molar-refractivity contribution in [3.8, 4) is 11.3 Å². The minimum absolute atomic E-state index is 0.00442. The van der Waals surface area contributed by atoms with Gasteiger partial charge in [-0.2, -0.15) is 0 Å². The van der Waals surface area contributed by atoms with Gasteiger partial charge in [0.25, 0.3) is 0 Å². The third kappa shape index (κ3) is 6.26. The van der Waals surface area contributed by atoms with Crippen LogP contribution >= 0.6 is 11.3 Å². The van der Waals surface area contributed by atoms with Gasteiger partial charge < -0.3 is 10.6 Å². The van der Waals surface area contributed by atoms with Crippen molar-refractivity contribution < 1.29 is 9.59 Å². The molecule has 1 atom stereocenters. The van der Waals surface area contributed by atoms with Gasteiger partial charge in [-0.3, -0.25) is 9.59 Å². The number of hydrogen-bond donors (Lipinski definition) is 2. The van der Waals surface area contributed by atoms with Crippen LogP contribution in [0.15, 0.2) is 53.9 Å². The summed E-state index contributed by atoms with van der Waals surface area (Å²) >= 11 is 1.50. The standard InChI is InChI=1S/C24H27N3O2S/c1-16-6-4-5-7-21(16)26-23(29)14-24-27-22(15-30-24)20-12-10-19(11-13-20)9-8-17(2)25-18(3)28/h4-7,10-13,15,17H,8-9,14H2,1-3H3,(H,25,28)(H,26,29)/t17-/m0/s1. The molecule has 2 aromatic carbocycles. The summed E-state index contributed by atoms with van der Waals surface area (Å²) in [7, 11) is 0. The normalized spacial score (nSPS) is 11.7. The van der Waals surface area contributed by atoms with Gasteiger partial charge in [-0.25, -0.2) is 4.98 Å². The van der Waals surface area contributed by atoms with Crippen LogP contribution < -0.4 is 10.6 Å². The number of nitrogens with one attached hydrogen (secondary N) is 2. The van der Waals surface area contributed by atoms with E-state index < -0.39 is 0 Å². The van der Waals surface area contributed by atoms with Crippen LogP contribution in [0.5, 0.6) is 0 Å². The van der Waals surface area contributed by atoms with Crippen molar-refractivity contribution >= 4 is 28.8 Å². The van der Waals surface area contributed by atoms with Crippen molar-refractivity contribution in [2.75, 3.05) is 5.32 Å². The quantitative estimate of drug-likeness (QED) is 0.551. The van der Waals surface area contributed by atoms with Crippen molar-refractivity contribution in [1.29, 1.82) is 0 Å². The summed E-state index contributed by atoms with van der Waals surface area (Å²) in [6.07, 6.45) is 2.07. The summed E-state index contributed by atoms with van der Waals surface area (Å²) in [5.74, 6) is -0.0568. The summed E-state index contributed by atoms with van der Waals surface area (Å²) in [6.45, 7) is 5.53. The summed E-state index contributed by atoms with van der Waals surface area (Å²) in [5, 5.41) is 8.64. The predicted molar refractivity (Wildman–Crippen MR) is 123 cm³/mol. The van der Waals surface area contributed by atoms with Crippen molar-refractivity contribution in [2.24, 2.45) is 0 Å². The minimum atomic E-state index is -0.0613. The number of aryl methyl sites for hydroxylation is 2. The van der Waals surface area contributed by atoms with Crippen LogP contribution in [0.3, 0.4) is 0 Å². The second kappa shape index (κ2) is 10.2. The highest BCUT2D eigenvalue weighted by atomic mass is 32.1. The number of nitrogens with zero attached hydrogens (tertiary/aromatic N) is 1. The number of carbonyl (C=O) groups is 2. The lowest BCUT2D eigenvalue weighted by molar-refractivity contribution is -0.119. The fourth-order valence-electron chi connectivity index (χ4n) is 3.21. The van der Waals surface area contributed by atoms with Gasteiger partial charge in [-0.05, 0) is 43.9 Å². The lowest BCUT2D eigenvalue weighted by Gasteiger charge is -2.12. The van der Waals surface area contributed by atoms with E-state index in [0.717, 1.165) is 40.4 Å². The Kier molecular flexibility index (Phi) is 7.36. The van der Waals surface area contributed by atoms with Crippen LogP contribution in [-0.2, 0) is 22.4 Å². The number of carbonyl (C=O) groups excluding carboxylic acids is 2. The van der Waals surface area contributed by atoms with Gasteiger partial charge in [-0.15, -0.1) is 11.3 Å². The molecule has 30 heavy (non-hydrogen) atoms. The number of aromatic nitrogens is 1. The van der Waals surface area contributed by atoms with Gasteiger partial charge in [0.2, 0.25) is 11.8 Å². The number of hydrogen-bond acceptors (Lipinski definition) is 4. The molecule has 0 aliphatic heterocycles. The zero-order chi connectivity index (χ0) is 21.5. The maximum absolute atomic E-state index is 12.3. The number of thiazole rings is 1. The van der Waals surface area contributed by atoms with Crippen LogP contribution in [-0.4, -0.2) is 22.8 Å². The maximum atomic E-state index is 12.3. The first-order valence-electron chi connectivity index (χ1n) is 10.1. The number of benzene rings is 2. The van der Waals surface area contributed by atoms with E-state index in [0.29, 0.717) is 0 Å². The van der Waals surface area contributed by atoms with E-state index in [-0.39, 0.29) is 24.3 Å². The van der Waals surface area contributed by atoms with Gasteiger partial charge >= 0.3 is 0 Å². The zero-order valence-corrected chi connectivity index (χ0v) is 18.4. The van der Waals surface area contributed by atoms with E-state index >= 15 is 0 Å². The monoisotopic (exact) mass is 421 g/mol. The van der Waals surface area contributed by atoms with E-state index in [4.69, 9.17) is 0 Å². The minimum Gasteiger partial charge on any atom is -0.354 e. The predicted octanol–water partition coefficient (Wildman–Crippen LogP) is 4.76. The molecule has 5 nitrogen and oxygen atoms in total. The molecule has 6 heteroatoms. The summed E-state index contributed by atoms with van der Waals surface area (Å²) in [5.41, 5.74) is 5.02. The molecule has 156 valence electrons.